The van der Waals surface area contributed by atoms with Crippen LogP contribution in [-0.4, -0.2) is 24.0 Å². The molecule has 3 rings (SSSR count). The van der Waals surface area contributed by atoms with Gasteiger partial charge in [0.15, 0.2) is 0 Å². The van der Waals surface area contributed by atoms with E-state index in [4.69, 9.17) is 9.47 Å². The monoisotopic (exact) mass is 432 g/mol. The number of rotatable bonds is 8. The third-order valence-electron chi connectivity index (χ3n) is 4.31. The minimum absolute atomic E-state index is 0.0359. The van der Waals surface area contributed by atoms with E-state index in [1.165, 1.54) is 0 Å². The molecule has 2 N–H and O–H groups in total. The second kappa shape index (κ2) is 10.5. The highest BCUT2D eigenvalue weighted by Crippen LogP contribution is 2.21. The zero-order valence-electron chi connectivity index (χ0n) is 18.7. The molecule has 0 bridgehead atoms. The van der Waals surface area contributed by atoms with Crippen molar-refractivity contribution >= 4 is 23.2 Å². The van der Waals surface area contributed by atoms with Gasteiger partial charge in [-0.05, 0) is 70.2 Å². The van der Waals surface area contributed by atoms with E-state index < -0.39 is 0 Å². The van der Waals surface area contributed by atoms with Crippen LogP contribution in [0.2, 0.25) is 0 Å². The van der Waals surface area contributed by atoms with Crippen molar-refractivity contribution in [3.63, 3.8) is 0 Å². The minimum Gasteiger partial charge on any atom is -0.491 e. The van der Waals surface area contributed by atoms with Gasteiger partial charge in [0.1, 0.15) is 11.5 Å². The fraction of sp³-hybridized carbons (Fsp3) is 0.231. The molecule has 0 radical (unpaired) electrons. The standard InChI is InChI=1S/C26H28N2O4/c1-17(2)31-23-12-6-10-21(15-23)27-25(29)19-8-5-9-20(14-19)26(30)28-22-11-7-13-24(16-22)32-18(3)4/h5-18H,1-4H3,(H,27,29)(H,28,30). The van der Waals surface area contributed by atoms with Gasteiger partial charge < -0.3 is 20.1 Å². The summed E-state index contributed by atoms with van der Waals surface area (Å²) in [5.41, 5.74) is 1.99. The van der Waals surface area contributed by atoms with E-state index in [9.17, 15) is 9.59 Å². The topological polar surface area (TPSA) is 76.7 Å². The molecule has 3 aromatic rings. The van der Waals surface area contributed by atoms with E-state index in [0.717, 1.165) is 0 Å². The van der Waals surface area contributed by atoms with Gasteiger partial charge in [0, 0.05) is 34.6 Å². The predicted octanol–water partition coefficient (Wildman–Crippen LogP) is 5.77. The first-order chi connectivity index (χ1) is 15.3. The molecule has 2 amide bonds. The summed E-state index contributed by atoms with van der Waals surface area (Å²) in [5, 5.41) is 5.69. The molecular formula is C26H28N2O4. The second-order valence-corrected chi connectivity index (χ2v) is 7.88. The molecule has 0 aliphatic heterocycles. The lowest BCUT2D eigenvalue weighted by Gasteiger charge is -2.12. The summed E-state index contributed by atoms with van der Waals surface area (Å²) in [6.07, 6.45) is 0.0718. The molecule has 0 aliphatic rings. The number of ether oxygens (including phenoxy) is 2. The maximum atomic E-state index is 12.7. The van der Waals surface area contributed by atoms with Crippen molar-refractivity contribution in [3.05, 3.63) is 83.9 Å². The lowest BCUT2D eigenvalue weighted by atomic mass is 10.1. The maximum Gasteiger partial charge on any atom is 0.255 e. The highest BCUT2D eigenvalue weighted by Gasteiger charge is 2.12. The Bertz CT molecular complexity index is 1010. The van der Waals surface area contributed by atoms with E-state index in [0.29, 0.717) is 34.0 Å². The number of carbonyl (C=O) groups excluding carboxylic acids is 2. The van der Waals surface area contributed by atoms with Gasteiger partial charge in [0.2, 0.25) is 0 Å². The average molecular weight is 433 g/mol. The SMILES string of the molecule is CC(C)Oc1cccc(NC(=O)c2cccc(C(=O)Nc3cccc(OC(C)C)c3)c2)c1. The van der Waals surface area contributed by atoms with E-state index >= 15 is 0 Å². The predicted molar refractivity (Wildman–Crippen MR) is 127 cm³/mol. The Morgan fingerprint density at radius 3 is 1.44 bits per heavy atom. The average Bonchev–Trinajstić information content (AvgIpc) is 2.73. The normalized spacial score (nSPS) is 10.7. The summed E-state index contributed by atoms with van der Waals surface area (Å²) in [5.74, 6) is 0.728. The maximum absolute atomic E-state index is 12.7. The fourth-order valence-electron chi connectivity index (χ4n) is 3.05. The molecule has 0 fully saturated rings. The first-order valence-corrected chi connectivity index (χ1v) is 10.6. The molecular weight excluding hydrogens is 404 g/mol. The number of benzene rings is 3. The number of anilines is 2. The van der Waals surface area contributed by atoms with Crippen molar-refractivity contribution in [2.75, 3.05) is 10.6 Å². The lowest BCUT2D eigenvalue weighted by Crippen LogP contribution is -2.16. The number of hydrogen-bond donors (Lipinski definition) is 2. The highest BCUT2D eigenvalue weighted by atomic mass is 16.5. The fourth-order valence-corrected chi connectivity index (χ4v) is 3.05. The third-order valence-corrected chi connectivity index (χ3v) is 4.31. The molecule has 0 heterocycles. The van der Waals surface area contributed by atoms with Crippen LogP contribution in [-0.2, 0) is 0 Å². The molecule has 0 saturated carbocycles. The zero-order chi connectivity index (χ0) is 23.1. The van der Waals surface area contributed by atoms with Gasteiger partial charge in [-0.15, -0.1) is 0 Å². The molecule has 0 spiro atoms. The Morgan fingerprint density at radius 1 is 0.625 bits per heavy atom. The van der Waals surface area contributed by atoms with Gasteiger partial charge in [0.05, 0.1) is 12.2 Å². The van der Waals surface area contributed by atoms with Crippen LogP contribution in [0.1, 0.15) is 48.4 Å². The smallest absolute Gasteiger partial charge is 0.255 e. The van der Waals surface area contributed by atoms with Crippen LogP contribution in [0.5, 0.6) is 11.5 Å². The van der Waals surface area contributed by atoms with Crippen LogP contribution < -0.4 is 20.1 Å². The van der Waals surface area contributed by atoms with Crippen LogP contribution in [0, 0.1) is 0 Å². The Hall–Kier alpha value is -3.80. The van der Waals surface area contributed by atoms with Crippen LogP contribution >= 0.6 is 0 Å². The highest BCUT2D eigenvalue weighted by molar-refractivity contribution is 6.08. The van der Waals surface area contributed by atoms with Crippen molar-refractivity contribution in [1.29, 1.82) is 0 Å². The van der Waals surface area contributed by atoms with Gasteiger partial charge in [-0.2, -0.15) is 0 Å². The van der Waals surface area contributed by atoms with Crippen molar-refractivity contribution < 1.29 is 19.1 Å². The van der Waals surface area contributed by atoms with E-state index in [2.05, 4.69) is 10.6 Å². The first-order valence-electron chi connectivity index (χ1n) is 10.6. The molecule has 0 atom stereocenters. The first kappa shape index (κ1) is 22.9. The van der Waals surface area contributed by atoms with Crippen molar-refractivity contribution in [2.24, 2.45) is 0 Å². The summed E-state index contributed by atoms with van der Waals surface area (Å²) in [7, 11) is 0. The number of nitrogens with one attached hydrogen (secondary N) is 2. The molecule has 6 heteroatoms. The summed E-state index contributed by atoms with van der Waals surface area (Å²) >= 11 is 0. The van der Waals surface area contributed by atoms with Crippen LogP contribution in [0.4, 0.5) is 11.4 Å². The second-order valence-electron chi connectivity index (χ2n) is 7.88. The van der Waals surface area contributed by atoms with Gasteiger partial charge in [-0.3, -0.25) is 9.59 Å². The van der Waals surface area contributed by atoms with Crippen molar-refractivity contribution in [1.82, 2.24) is 0 Å². The summed E-state index contributed by atoms with van der Waals surface area (Å²) in [6.45, 7) is 7.76. The van der Waals surface area contributed by atoms with Crippen molar-refractivity contribution in [2.45, 2.75) is 39.9 Å². The number of carbonyl (C=O) groups is 2. The van der Waals surface area contributed by atoms with Gasteiger partial charge in [-0.25, -0.2) is 0 Å². The van der Waals surface area contributed by atoms with Crippen LogP contribution in [0.3, 0.4) is 0 Å². The Labute approximate surface area is 188 Å². The van der Waals surface area contributed by atoms with Crippen molar-refractivity contribution in [3.8, 4) is 11.5 Å². The Kier molecular flexibility index (Phi) is 7.49. The molecule has 0 saturated heterocycles. The third kappa shape index (κ3) is 6.60. The van der Waals surface area contributed by atoms with Gasteiger partial charge >= 0.3 is 0 Å². The molecule has 3 aromatic carbocycles. The molecule has 0 aliphatic carbocycles. The molecule has 0 aromatic heterocycles. The lowest BCUT2D eigenvalue weighted by molar-refractivity contribution is 0.102. The summed E-state index contributed by atoms with van der Waals surface area (Å²) in [6, 6.07) is 21.0. The van der Waals surface area contributed by atoms with Crippen LogP contribution in [0.25, 0.3) is 0 Å². The van der Waals surface area contributed by atoms with E-state index in [1.54, 1.807) is 48.5 Å². The molecule has 32 heavy (non-hydrogen) atoms. The Morgan fingerprint density at radius 2 is 1.03 bits per heavy atom. The minimum atomic E-state index is -0.311. The largest absolute Gasteiger partial charge is 0.491 e. The van der Waals surface area contributed by atoms with E-state index in [1.807, 2.05) is 52.0 Å². The summed E-state index contributed by atoms with van der Waals surface area (Å²) in [4.78, 5) is 25.5. The zero-order valence-corrected chi connectivity index (χ0v) is 18.7. The molecule has 166 valence electrons. The Balaban J connectivity index is 1.69. The van der Waals surface area contributed by atoms with Gasteiger partial charge in [0.25, 0.3) is 11.8 Å². The number of hydrogen-bond acceptors (Lipinski definition) is 4. The quantitative estimate of drug-likeness (QED) is 0.474. The summed E-state index contributed by atoms with van der Waals surface area (Å²) < 4.78 is 11.3. The van der Waals surface area contributed by atoms with Crippen LogP contribution in [0.15, 0.2) is 72.8 Å². The van der Waals surface area contributed by atoms with E-state index in [-0.39, 0.29) is 24.0 Å². The molecule has 6 nitrogen and oxygen atoms in total. The number of amides is 2. The molecule has 0 unspecified atom stereocenters. The van der Waals surface area contributed by atoms with Gasteiger partial charge in [-0.1, -0.05) is 18.2 Å².